The van der Waals surface area contributed by atoms with Gasteiger partial charge in [0.1, 0.15) is 17.0 Å². The number of hydrogen-bond acceptors (Lipinski definition) is 2. The normalized spacial score (nSPS) is 11.9. The molecule has 0 saturated carbocycles. The zero-order valence-electron chi connectivity index (χ0n) is 15.4. The third-order valence-electron chi connectivity index (χ3n) is 4.49. The Bertz CT molecular complexity index is 1070. The summed E-state index contributed by atoms with van der Waals surface area (Å²) < 4.78 is 19.8. The molecule has 0 aliphatic carbocycles. The van der Waals surface area contributed by atoms with Gasteiger partial charge in [-0.25, -0.2) is 4.39 Å². The first-order valence-electron chi connectivity index (χ1n) is 8.88. The predicted molar refractivity (Wildman–Crippen MR) is 106 cm³/mol. The molecule has 0 radical (unpaired) electrons. The molecular weight excluding hydrogens is 327 g/mol. The second kappa shape index (κ2) is 7.69. The van der Waals surface area contributed by atoms with Crippen molar-refractivity contribution in [2.24, 2.45) is 0 Å². The van der Waals surface area contributed by atoms with Gasteiger partial charge < -0.3 is 4.42 Å². The van der Waals surface area contributed by atoms with E-state index in [4.69, 9.17) is 4.42 Å². The summed E-state index contributed by atoms with van der Waals surface area (Å²) in [5.74, 6) is -0.387. The summed E-state index contributed by atoms with van der Waals surface area (Å²) in [5, 5.41) is 0.996. The molecule has 0 amide bonds. The fourth-order valence-corrected chi connectivity index (χ4v) is 3.11. The molecule has 0 atom stereocenters. The highest BCUT2D eigenvalue weighted by Gasteiger charge is 2.12. The number of hydrogen-bond donors (Lipinski definition) is 0. The van der Waals surface area contributed by atoms with Gasteiger partial charge >= 0.3 is 0 Å². The second-order valence-corrected chi connectivity index (χ2v) is 6.94. The van der Waals surface area contributed by atoms with E-state index in [1.807, 2.05) is 6.07 Å². The van der Waals surface area contributed by atoms with Gasteiger partial charge in [-0.3, -0.25) is 4.79 Å². The van der Waals surface area contributed by atoms with Gasteiger partial charge in [-0.1, -0.05) is 35.4 Å². The molecule has 0 aliphatic rings. The van der Waals surface area contributed by atoms with Crippen molar-refractivity contribution in [1.82, 2.24) is 0 Å². The number of rotatable bonds is 5. The quantitative estimate of drug-likeness (QED) is 0.398. The van der Waals surface area contributed by atoms with Crippen LogP contribution in [0.3, 0.4) is 0 Å². The van der Waals surface area contributed by atoms with Gasteiger partial charge in [0.15, 0.2) is 0 Å². The molecule has 0 spiro atoms. The molecule has 3 aromatic rings. The molecule has 2 nitrogen and oxygen atoms in total. The molecule has 1 heterocycles. The molecule has 0 fully saturated rings. The highest BCUT2D eigenvalue weighted by Crippen LogP contribution is 2.23. The van der Waals surface area contributed by atoms with Crippen molar-refractivity contribution in [1.29, 1.82) is 0 Å². The highest BCUT2D eigenvalue weighted by atomic mass is 19.1. The number of fused-ring (bicyclic) bond motifs is 2. The zero-order chi connectivity index (χ0) is 18.7. The SMILES string of the molecule is CC(C)=CCC/C(C)=C\Cc1cc(F)cc2oc3ccccc3c(=O)c12. The maximum Gasteiger partial charge on any atom is 0.200 e. The van der Waals surface area contributed by atoms with E-state index < -0.39 is 0 Å². The maximum absolute atomic E-state index is 14.1. The lowest BCUT2D eigenvalue weighted by atomic mass is 10.0. The smallest absolute Gasteiger partial charge is 0.200 e. The van der Waals surface area contributed by atoms with Crippen LogP contribution in [0, 0.1) is 5.82 Å². The van der Waals surface area contributed by atoms with E-state index in [1.54, 1.807) is 18.2 Å². The fraction of sp³-hybridized carbons (Fsp3) is 0.261. The van der Waals surface area contributed by atoms with E-state index in [-0.39, 0.29) is 11.2 Å². The predicted octanol–water partition coefficient (Wildman–Crippen LogP) is 6.32. The summed E-state index contributed by atoms with van der Waals surface area (Å²) in [6.45, 7) is 6.24. The molecule has 134 valence electrons. The summed E-state index contributed by atoms with van der Waals surface area (Å²) in [4.78, 5) is 12.9. The Morgan fingerprint density at radius 1 is 1.08 bits per heavy atom. The number of halogens is 1. The monoisotopic (exact) mass is 350 g/mol. The minimum atomic E-state index is -0.387. The van der Waals surface area contributed by atoms with E-state index in [1.165, 1.54) is 23.3 Å². The minimum absolute atomic E-state index is 0.104. The van der Waals surface area contributed by atoms with Gasteiger partial charge in [-0.05, 0) is 63.8 Å². The lowest BCUT2D eigenvalue weighted by Crippen LogP contribution is -2.05. The summed E-state index contributed by atoms with van der Waals surface area (Å²) in [7, 11) is 0. The van der Waals surface area contributed by atoms with Gasteiger partial charge in [0.2, 0.25) is 5.43 Å². The van der Waals surface area contributed by atoms with Crippen molar-refractivity contribution < 1.29 is 8.81 Å². The van der Waals surface area contributed by atoms with Gasteiger partial charge in [-0.2, -0.15) is 0 Å². The summed E-state index contributed by atoms with van der Waals surface area (Å²) >= 11 is 0. The molecule has 0 saturated heterocycles. The molecular formula is C23H23FO2. The molecule has 1 aromatic heterocycles. The van der Waals surface area contributed by atoms with Crippen LogP contribution in [-0.4, -0.2) is 0 Å². The van der Waals surface area contributed by atoms with Crippen LogP contribution in [-0.2, 0) is 6.42 Å². The number of benzene rings is 2. The lowest BCUT2D eigenvalue weighted by Gasteiger charge is -2.07. The van der Waals surface area contributed by atoms with Crippen molar-refractivity contribution in [3.05, 3.63) is 81.3 Å². The molecule has 0 N–H and O–H groups in total. The zero-order valence-corrected chi connectivity index (χ0v) is 15.4. The molecule has 2 aromatic carbocycles. The lowest BCUT2D eigenvalue weighted by molar-refractivity contribution is 0.613. The summed E-state index contributed by atoms with van der Waals surface area (Å²) in [5.41, 5.74) is 3.88. The van der Waals surface area contributed by atoms with E-state index in [2.05, 4.69) is 32.9 Å². The topological polar surface area (TPSA) is 30.2 Å². The Labute approximate surface area is 152 Å². The van der Waals surface area contributed by atoms with E-state index >= 15 is 0 Å². The fourth-order valence-electron chi connectivity index (χ4n) is 3.11. The summed E-state index contributed by atoms with van der Waals surface area (Å²) in [6, 6.07) is 9.81. The third-order valence-corrected chi connectivity index (χ3v) is 4.49. The Morgan fingerprint density at radius 3 is 2.62 bits per heavy atom. The first-order valence-corrected chi connectivity index (χ1v) is 8.88. The second-order valence-electron chi connectivity index (χ2n) is 6.94. The minimum Gasteiger partial charge on any atom is -0.456 e. The van der Waals surface area contributed by atoms with Crippen LogP contribution in [0.1, 0.15) is 39.2 Å². The van der Waals surface area contributed by atoms with Crippen LogP contribution in [0.4, 0.5) is 4.39 Å². The Hall–Kier alpha value is -2.68. The average Bonchev–Trinajstić information content (AvgIpc) is 2.59. The molecule has 0 bridgehead atoms. The average molecular weight is 350 g/mol. The van der Waals surface area contributed by atoms with Gasteiger partial charge in [0.25, 0.3) is 0 Å². The van der Waals surface area contributed by atoms with Crippen molar-refractivity contribution in [2.45, 2.75) is 40.0 Å². The van der Waals surface area contributed by atoms with Crippen LogP contribution < -0.4 is 5.43 Å². The number of para-hydroxylation sites is 1. The van der Waals surface area contributed by atoms with Crippen LogP contribution in [0.15, 0.2) is 68.9 Å². The Balaban J connectivity index is 2.01. The van der Waals surface area contributed by atoms with E-state index in [9.17, 15) is 9.18 Å². The number of allylic oxidation sites excluding steroid dienone is 4. The molecule has 3 heteroatoms. The van der Waals surface area contributed by atoms with E-state index in [0.717, 1.165) is 12.8 Å². The van der Waals surface area contributed by atoms with Crippen molar-refractivity contribution in [2.75, 3.05) is 0 Å². The first kappa shape index (κ1) is 18.1. The maximum atomic E-state index is 14.1. The highest BCUT2D eigenvalue weighted by molar-refractivity contribution is 5.91. The molecule has 0 aliphatic heterocycles. The van der Waals surface area contributed by atoms with E-state index in [0.29, 0.717) is 33.9 Å². The standard InChI is InChI=1S/C23H23FO2/c1-15(2)7-6-8-16(3)11-12-17-13-18(24)14-21-22(17)23(25)19-9-4-5-10-20(19)26-21/h4-5,7,9-11,13-14H,6,8,12H2,1-3H3/b16-11-. The summed E-state index contributed by atoms with van der Waals surface area (Å²) in [6.07, 6.45) is 6.73. The van der Waals surface area contributed by atoms with Gasteiger partial charge in [0.05, 0.1) is 10.8 Å². The molecule has 0 unspecified atom stereocenters. The van der Waals surface area contributed by atoms with Crippen LogP contribution in [0.5, 0.6) is 0 Å². The molecule has 26 heavy (non-hydrogen) atoms. The van der Waals surface area contributed by atoms with Crippen molar-refractivity contribution in [3.63, 3.8) is 0 Å². The van der Waals surface area contributed by atoms with Crippen LogP contribution in [0.2, 0.25) is 0 Å². The van der Waals surface area contributed by atoms with Crippen molar-refractivity contribution in [3.8, 4) is 0 Å². The van der Waals surface area contributed by atoms with Crippen LogP contribution >= 0.6 is 0 Å². The third kappa shape index (κ3) is 3.93. The Kier molecular flexibility index (Phi) is 5.36. The van der Waals surface area contributed by atoms with Crippen LogP contribution in [0.25, 0.3) is 21.9 Å². The first-order chi connectivity index (χ1) is 12.5. The largest absolute Gasteiger partial charge is 0.456 e. The van der Waals surface area contributed by atoms with Gasteiger partial charge in [0, 0.05) is 6.07 Å². The van der Waals surface area contributed by atoms with Gasteiger partial charge in [-0.15, -0.1) is 0 Å². The van der Waals surface area contributed by atoms with Crippen molar-refractivity contribution >= 4 is 21.9 Å². The molecule has 3 rings (SSSR count). The Morgan fingerprint density at radius 2 is 1.85 bits per heavy atom.